The predicted molar refractivity (Wildman–Crippen MR) is 121 cm³/mol. The van der Waals surface area contributed by atoms with E-state index in [1.165, 1.54) is 12.1 Å². The number of carbonyl (C=O) groups is 1. The minimum atomic E-state index is -2.00. The van der Waals surface area contributed by atoms with Crippen molar-refractivity contribution >= 4 is 43.0 Å². The number of fused-ring (bicyclic) bond motifs is 1. The number of halogens is 2. The molecule has 6 nitrogen and oxygen atoms in total. The molecule has 0 bridgehead atoms. The third-order valence-corrected chi connectivity index (χ3v) is 11.4. The molecule has 0 aliphatic carbocycles. The summed E-state index contributed by atoms with van der Waals surface area (Å²) in [7, 11) is -2.00. The Morgan fingerprint density at radius 1 is 1.17 bits per heavy atom. The number of ether oxygens (including phenoxy) is 3. The average Bonchev–Trinajstić information content (AvgIpc) is 3.08. The molecule has 0 radical (unpaired) electrons. The van der Waals surface area contributed by atoms with Gasteiger partial charge in [0.25, 0.3) is 0 Å². The molecule has 2 N–H and O–H groups in total. The predicted octanol–water partition coefficient (Wildman–Crippen LogP) is 5.07. The Balaban J connectivity index is 1.84. The number of hydrogen-bond donors (Lipinski definition) is 1. The van der Waals surface area contributed by atoms with Crippen LogP contribution in [0.15, 0.2) is 12.1 Å². The lowest BCUT2D eigenvalue weighted by atomic mass is 9.99. The van der Waals surface area contributed by atoms with Crippen LogP contribution >= 0.6 is 23.2 Å². The summed E-state index contributed by atoms with van der Waals surface area (Å²) in [4.78, 5) is 13.3. The lowest BCUT2D eigenvalue weighted by molar-refractivity contribution is -0.184. The van der Waals surface area contributed by atoms with E-state index in [2.05, 4.69) is 33.9 Å². The monoisotopic (exact) mass is 475 g/mol. The van der Waals surface area contributed by atoms with Gasteiger partial charge in [-0.25, -0.2) is 0 Å². The number of nitrogens with two attached hydrogens (primary N) is 1. The van der Waals surface area contributed by atoms with Gasteiger partial charge < -0.3 is 24.4 Å². The summed E-state index contributed by atoms with van der Waals surface area (Å²) in [5, 5.41) is 0.602. The summed E-state index contributed by atoms with van der Waals surface area (Å²) in [5.74, 6) is -1.13. The summed E-state index contributed by atoms with van der Waals surface area (Å²) in [6.07, 6.45) is -2.27. The van der Waals surface area contributed by atoms with Crippen LogP contribution in [0, 0.1) is 0 Å². The van der Waals surface area contributed by atoms with E-state index < -0.39 is 38.5 Å². The van der Waals surface area contributed by atoms with Gasteiger partial charge in [-0.1, -0.05) is 44.0 Å². The fraction of sp³-hybridized carbons (Fsp3) is 0.667. The number of Topliss-reactive ketones (excluding diaryl/α,β-unsaturated/α-hetero) is 1. The first-order chi connectivity index (χ1) is 13.6. The molecular weight excluding hydrogens is 445 g/mol. The standard InChI is InChI=1S/C21H31Cl2NO5Si/c1-20(2,3)30(6,7)26-10-15-17-19(29-21(4,5)28-17)18(27-15)16(25)11-8-12(22)13(23)9-14(11)24/h8-9,15,17-19H,10,24H2,1-7H3/t15-,17-,18+,19-/m1/s1. The molecule has 2 heterocycles. The zero-order valence-electron chi connectivity index (χ0n) is 18.5. The largest absolute Gasteiger partial charge is 0.414 e. The first kappa shape index (κ1) is 24.0. The van der Waals surface area contributed by atoms with Gasteiger partial charge in [0.05, 0.1) is 16.7 Å². The molecule has 168 valence electrons. The smallest absolute Gasteiger partial charge is 0.196 e. The number of rotatable bonds is 5. The molecule has 9 heteroatoms. The van der Waals surface area contributed by atoms with Gasteiger partial charge in [0.2, 0.25) is 0 Å². The van der Waals surface area contributed by atoms with Crippen LogP contribution in [-0.2, 0) is 18.6 Å². The molecule has 0 aromatic heterocycles. The molecule has 1 aromatic carbocycles. The quantitative estimate of drug-likeness (QED) is 0.363. The third-order valence-electron chi connectivity index (χ3n) is 6.18. The SMILES string of the molecule is CC1(C)O[C@@H]2[C@H](O1)[C@@H](CO[Si](C)(C)C(C)(C)C)O[C@H]2C(=O)c1cc(Cl)c(Cl)cc1N. The highest BCUT2D eigenvalue weighted by molar-refractivity contribution is 6.74. The van der Waals surface area contributed by atoms with Crippen molar-refractivity contribution in [2.75, 3.05) is 12.3 Å². The van der Waals surface area contributed by atoms with Gasteiger partial charge in [0, 0.05) is 11.3 Å². The average molecular weight is 476 g/mol. The van der Waals surface area contributed by atoms with Gasteiger partial charge in [-0.05, 0) is 44.1 Å². The van der Waals surface area contributed by atoms with Crippen LogP contribution in [0.5, 0.6) is 0 Å². The number of ketones is 1. The molecule has 3 rings (SSSR count). The Morgan fingerprint density at radius 2 is 1.73 bits per heavy atom. The second-order valence-electron chi connectivity index (χ2n) is 9.95. The molecule has 2 fully saturated rings. The summed E-state index contributed by atoms with van der Waals surface area (Å²) in [6.45, 7) is 14.9. The minimum absolute atomic E-state index is 0.0566. The highest BCUT2D eigenvalue weighted by atomic mass is 35.5. The van der Waals surface area contributed by atoms with Gasteiger partial charge in [-0.15, -0.1) is 0 Å². The number of carbonyl (C=O) groups excluding carboxylic acids is 1. The molecule has 0 amide bonds. The van der Waals surface area contributed by atoms with Crippen LogP contribution in [0.25, 0.3) is 0 Å². The molecule has 1 aromatic rings. The summed E-state index contributed by atoms with van der Waals surface area (Å²) < 4.78 is 24.6. The van der Waals surface area contributed by atoms with Crippen LogP contribution in [0.2, 0.25) is 28.2 Å². The lowest BCUT2D eigenvalue weighted by Gasteiger charge is -2.37. The summed E-state index contributed by atoms with van der Waals surface area (Å²) >= 11 is 12.1. The Hall–Kier alpha value is -0.673. The number of hydrogen-bond acceptors (Lipinski definition) is 6. The van der Waals surface area contributed by atoms with Crippen molar-refractivity contribution in [3.05, 3.63) is 27.7 Å². The summed E-state index contributed by atoms with van der Waals surface area (Å²) in [6, 6.07) is 2.94. The molecule has 0 saturated carbocycles. The van der Waals surface area contributed by atoms with Crippen LogP contribution in [-0.4, -0.2) is 50.9 Å². The molecule has 0 unspecified atom stereocenters. The molecule has 2 saturated heterocycles. The van der Waals surface area contributed by atoms with E-state index in [4.69, 9.17) is 47.6 Å². The van der Waals surface area contributed by atoms with Crippen molar-refractivity contribution in [2.45, 2.75) is 83.0 Å². The van der Waals surface area contributed by atoms with Gasteiger partial charge in [-0.3, -0.25) is 4.79 Å². The molecular formula is C21H31Cl2NO5Si. The van der Waals surface area contributed by atoms with Crippen molar-refractivity contribution < 1.29 is 23.4 Å². The molecule has 2 aliphatic rings. The van der Waals surface area contributed by atoms with Crippen molar-refractivity contribution in [3.63, 3.8) is 0 Å². The Kier molecular flexibility index (Phi) is 6.42. The normalized spacial score (nSPS) is 28.6. The van der Waals surface area contributed by atoms with E-state index in [0.29, 0.717) is 6.61 Å². The van der Waals surface area contributed by atoms with E-state index in [9.17, 15) is 4.79 Å². The molecule has 30 heavy (non-hydrogen) atoms. The van der Waals surface area contributed by atoms with Crippen molar-refractivity contribution in [1.29, 1.82) is 0 Å². The number of benzene rings is 1. The van der Waals surface area contributed by atoms with Crippen molar-refractivity contribution in [3.8, 4) is 0 Å². The highest BCUT2D eigenvalue weighted by Gasteiger charge is 2.57. The van der Waals surface area contributed by atoms with E-state index in [1.807, 2.05) is 13.8 Å². The third kappa shape index (κ3) is 4.58. The fourth-order valence-electron chi connectivity index (χ4n) is 3.46. The second kappa shape index (κ2) is 8.03. The van der Waals surface area contributed by atoms with Gasteiger partial charge >= 0.3 is 0 Å². The van der Waals surface area contributed by atoms with Gasteiger partial charge in [-0.2, -0.15) is 0 Å². The van der Waals surface area contributed by atoms with Crippen LogP contribution in [0.4, 0.5) is 5.69 Å². The second-order valence-corrected chi connectivity index (χ2v) is 15.6. The van der Waals surface area contributed by atoms with Crippen LogP contribution < -0.4 is 5.73 Å². The Bertz CT molecular complexity index is 839. The van der Waals surface area contributed by atoms with Crippen LogP contribution in [0.1, 0.15) is 45.0 Å². The van der Waals surface area contributed by atoms with E-state index >= 15 is 0 Å². The maximum absolute atomic E-state index is 13.3. The van der Waals surface area contributed by atoms with E-state index in [1.54, 1.807) is 0 Å². The number of anilines is 1. The fourth-order valence-corrected chi connectivity index (χ4v) is 4.81. The lowest BCUT2D eigenvalue weighted by Crippen LogP contribution is -2.44. The topological polar surface area (TPSA) is 80.0 Å². The van der Waals surface area contributed by atoms with Gasteiger partial charge in [0.15, 0.2) is 19.9 Å². The van der Waals surface area contributed by atoms with Crippen molar-refractivity contribution in [1.82, 2.24) is 0 Å². The Morgan fingerprint density at radius 3 is 2.33 bits per heavy atom. The molecule has 0 spiro atoms. The highest BCUT2D eigenvalue weighted by Crippen LogP contribution is 2.42. The zero-order chi connectivity index (χ0) is 22.6. The van der Waals surface area contributed by atoms with Crippen molar-refractivity contribution in [2.24, 2.45) is 0 Å². The maximum Gasteiger partial charge on any atom is 0.196 e. The van der Waals surface area contributed by atoms with Crippen LogP contribution in [0.3, 0.4) is 0 Å². The Labute approximate surface area is 189 Å². The summed E-state index contributed by atoms with van der Waals surface area (Å²) in [5.41, 5.74) is 6.54. The van der Waals surface area contributed by atoms with E-state index in [0.717, 1.165) is 0 Å². The first-order valence-electron chi connectivity index (χ1n) is 10.1. The minimum Gasteiger partial charge on any atom is -0.414 e. The van der Waals surface area contributed by atoms with Gasteiger partial charge in [0.1, 0.15) is 24.4 Å². The first-order valence-corrected chi connectivity index (χ1v) is 13.7. The number of nitrogen functional groups attached to an aromatic ring is 1. The molecule has 2 aliphatic heterocycles. The zero-order valence-corrected chi connectivity index (χ0v) is 21.1. The maximum atomic E-state index is 13.3. The molecule has 4 atom stereocenters. The van der Waals surface area contributed by atoms with E-state index in [-0.39, 0.29) is 32.1 Å².